The van der Waals surface area contributed by atoms with Gasteiger partial charge in [-0.05, 0) is 25.3 Å². The normalized spacial score (nSPS) is 11.8. The van der Waals surface area contributed by atoms with Crippen molar-refractivity contribution in [2.45, 2.75) is 24.8 Å². The van der Waals surface area contributed by atoms with Crippen molar-refractivity contribution >= 4 is 33.3 Å². The van der Waals surface area contributed by atoms with Crippen LogP contribution in [-0.4, -0.2) is 49.5 Å². The number of ether oxygens (including phenoxy) is 1. The van der Waals surface area contributed by atoms with Crippen LogP contribution >= 0.6 is 11.3 Å². The molecule has 0 saturated heterocycles. The van der Waals surface area contributed by atoms with Crippen molar-refractivity contribution in [1.29, 1.82) is 0 Å². The summed E-state index contributed by atoms with van der Waals surface area (Å²) in [5.41, 5.74) is 0. The molecule has 1 aromatic rings. The summed E-state index contributed by atoms with van der Waals surface area (Å²) in [6, 6.07) is 0.705. The number of nitrogens with zero attached hydrogens (tertiary/aromatic N) is 1. The second-order valence-electron chi connectivity index (χ2n) is 4.14. The second-order valence-corrected chi connectivity index (χ2v) is 6.91. The molecule has 0 amide bonds. The quantitative estimate of drug-likeness (QED) is 0.785. The van der Waals surface area contributed by atoms with Gasteiger partial charge in [-0.1, -0.05) is 0 Å². The molecule has 9 heteroatoms. The van der Waals surface area contributed by atoms with Crippen molar-refractivity contribution in [3.8, 4) is 0 Å². The van der Waals surface area contributed by atoms with E-state index in [2.05, 4.69) is 4.74 Å². The number of hydrogen-bond acceptors (Lipinski definition) is 6. The fourth-order valence-electron chi connectivity index (χ4n) is 1.52. The Bertz CT molecular complexity index is 604. The molecule has 0 saturated carbocycles. The van der Waals surface area contributed by atoms with E-state index < -0.39 is 34.5 Å². The summed E-state index contributed by atoms with van der Waals surface area (Å²) in [7, 11) is -2.92. The maximum absolute atomic E-state index is 12.5. The number of thiophene rings is 1. The summed E-state index contributed by atoms with van der Waals surface area (Å²) in [4.78, 5) is 21.8. The van der Waals surface area contributed by atoms with E-state index in [9.17, 15) is 18.0 Å². The summed E-state index contributed by atoms with van der Waals surface area (Å²) < 4.78 is 30.3. The van der Waals surface area contributed by atoms with Crippen LogP contribution in [0.25, 0.3) is 0 Å². The van der Waals surface area contributed by atoms with Crippen LogP contribution in [-0.2, 0) is 19.6 Å². The number of carboxylic acids is 1. The smallest absolute Gasteiger partial charge is 0.347 e. The molecule has 1 aromatic heterocycles. The number of carbonyl (C=O) groups is 2. The molecule has 0 atom stereocenters. The lowest BCUT2D eigenvalue weighted by molar-refractivity contribution is -0.141. The van der Waals surface area contributed by atoms with Gasteiger partial charge in [0, 0.05) is 6.04 Å². The Labute approximate surface area is 120 Å². The molecule has 0 bridgehead atoms. The number of hydrogen-bond donors (Lipinski definition) is 1. The number of sulfonamides is 1. The Balaban J connectivity index is 3.27. The largest absolute Gasteiger partial charge is 0.477 e. The van der Waals surface area contributed by atoms with E-state index in [0.29, 0.717) is 0 Å². The highest BCUT2D eigenvalue weighted by Crippen LogP contribution is 2.26. The molecule has 0 fully saturated rings. The average Bonchev–Trinajstić information content (AvgIpc) is 2.84. The van der Waals surface area contributed by atoms with Crippen molar-refractivity contribution in [2.75, 3.05) is 13.7 Å². The molecular weight excluding hydrogens is 306 g/mol. The van der Waals surface area contributed by atoms with Crippen LogP contribution in [0.1, 0.15) is 23.5 Å². The SMILES string of the molecule is COC(=O)CN(C(C)C)S(=O)(=O)c1ccsc1C(=O)O. The van der Waals surface area contributed by atoms with Gasteiger partial charge in [-0.15, -0.1) is 11.3 Å². The third-order valence-corrected chi connectivity index (χ3v) is 5.59. The Morgan fingerprint density at radius 3 is 2.50 bits per heavy atom. The molecule has 0 radical (unpaired) electrons. The van der Waals surface area contributed by atoms with Crippen molar-refractivity contribution in [3.63, 3.8) is 0 Å². The lowest BCUT2D eigenvalue weighted by atomic mass is 10.4. The molecule has 112 valence electrons. The highest BCUT2D eigenvalue weighted by molar-refractivity contribution is 7.89. The predicted molar refractivity (Wildman–Crippen MR) is 72.3 cm³/mol. The molecule has 7 nitrogen and oxygen atoms in total. The molecule has 0 aliphatic heterocycles. The number of carboxylic acid groups (broad SMARTS) is 1. The maximum atomic E-state index is 12.5. The Morgan fingerprint density at radius 1 is 1.45 bits per heavy atom. The molecule has 1 heterocycles. The average molecular weight is 321 g/mol. The van der Waals surface area contributed by atoms with Crippen LogP contribution in [0.5, 0.6) is 0 Å². The van der Waals surface area contributed by atoms with E-state index >= 15 is 0 Å². The molecule has 0 unspecified atom stereocenters. The zero-order valence-electron chi connectivity index (χ0n) is 11.2. The van der Waals surface area contributed by atoms with Crippen LogP contribution in [0, 0.1) is 0 Å². The summed E-state index contributed by atoms with van der Waals surface area (Å²) in [6.45, 7) is 2.71. The zero-order valence-corrected chi connectivity index (χ0v) is 12.8. The Kier molecular flexibility index (Phi) is 5.26. The van der Waals surface area contributed by atoms with E-state index in [1.165, 1.54) is 11.4 Å². The first kappa shape index (κ1) is 16.6. The fourth-order valence-corrected chi connectivity index (χ4v) is 4.34. The predicted octanol–water partition coefficient (Wildman–Crippen LogP) is 1.02. The minimum absolute atomic E-state index is 0.277. The van der Waals surface area contributed by atoms with E-state index in [1.54, 1.807) is 13.8 Å². The zero-order chi connectivity index (χ0) is 15.5. The molecule has 0 aliphatic carbocycles. The Hall–Kier alpha value is -1.45. The molecule has 1 rings (SSSR count). The highest BCUT2D eigenvalue weighted by Gasteiger charge is 2.33. The van der Waals surface area contributed by atoms with Gasteiger partial charge in [0.2, 0.25) is 10.0 Å². The van der Waals surface area contributed by atoms with E-state index in [0.717, 1.165) is 22.8 Å². The number of rotatable bonds is 6. The summed E-state index contributed by atoms with van der Waals surface area (Å²) >= 11 is 0.817. The molecular formula is C11H15NO6S2. The van der Waals surface area contributed by atoms with Crippen molar-refractivity contribution in [1.82, 2.24) is 4.31 Å². The van der Waals surface area contributed by atoms with Gasteiger partial charge in [0.25, 0.3) is 0 Å². The standard InChI is InChI=1S/C11H15NO6S2/c1-7(2)12(6-9(13)18-3)20(16,17)8-4-5-19-10(8)11(14)15/h4-5,7H,6H2,1-3H3,(H,14,15). The maximum Gasteiger partial charge on any atom is 0.347 e. The first-order chi connectivity index (χ1) is 9.21. The molecule has 0 spiro atoms. The van der Waals surface area contributed by atoms with Crippen LogP contribution in [0.3, 0.4) is 0 Å². The molecule has 0 aliphatic rings. The van der Waals surface area contributed by atoms with Gasteiger partial charge in [0.15, 0.2) is 0 Å². The summed E-state index contributed by atoms with van der Waals surface area (Å²) in [5, 5.41) is 10.4. The highest BCUT2D eigenvalue weighted by atomic mass is 32.2. The fraction of sp³-hybridized carbons (Fsp3) is 0.455. The molecule has 1 N–H and O–H groups in total. The lowest BCUT2D eigenvalue weighted by Gasteiger charge is -2.24. The first-order valence-electron chi connectivity index (χ1n) is 5.61. The van der Waals surface area contributed by atoms with Crippen LogP contribution in [0.2, 0.25) is 0 Å². The number of aromatic carboxylic acids is 1. The molecule has 0 aromatic carbocycles. The third-order valence-electron chi connectivity index (χ3n) is 2.50. The van der Waals surface area contributed by atoms with Gasteiger partial charge in [-0.2, -0.15) is 4.31 Å². The van der Waals surface area contributed by atoms with Crippen molar-refractivity contribution in [2.24, 2.45) is 0 Å². The van der Waals surface area contributed by atoms with Gasteiger partial charge >= 0.3 is 11.9 Å². The van der Waals surface area contributed by atoms with E-state index in [1.807, 2.05) is 0 Å². The third kappa shape index (κ3) is 3.35. The number of esters is 1. The van der Waals surface area contributed by atoms with E-state index in [4.69, 9.17) is 5.11 Å². The summed E-state index contributed by atoms with van der Waals surface area (Å²) in [6.07, 6.45) is 0. The molecule has 20 heavy (non-hydrogen) atoms. The van der Waals surface area contributed by atoms with Gasteiger partial charge in [-0.3, -0.25) is 4.79 Å². The monoisotopic (exact) mass is 321 g/mol. The van der Waals surface area contributed by atoms with Gasteiger partial charge < -0.3 is 9.84 Å². The topological polar surface area (TPSA) is 101 Å². The van der Waals surface area contributed by atoms with Crippen LogP contribution < -0.4 is 0 Å². The van der Waals surface area contributed by atoms with Crippen LogP contribution in [0.15, 0.2) is 16.3 Å². The van der Waals surface area contributed by atoms with Crippen molar-refractivity contribution < 1.29 is 27.9 Å². The van der Waals surface area contributed by atoms with Crippen molar-refractivity contribution in [3.05, 3.63) is 16.3 Å². The van der Waals surface area contributed by atoms with Gasteiger partial charge in [-0.25, -0.2) is 13.2 Å². The lowest BCUT2D eigenvalue weighted by Crippen LogP contribution is -2.41. The second kappa shape index (κ2) is 6.33. The minimum Gasteiger partial charge on any atom is -0.477 e. The number of carbonyl (C=O) groups excluding carboxylic acids is 1. The number of methoxy groups -OCH3 is 1. The van der Waals surface area contributed by atoms with E-state index in [-0.39, 0.29) is 9.77 Å². The van der Waals surface area contributed by atoms with Gasteiger partial charge in [0.1, 0.15) is 16.3 Å². The first-order valence-corrected chi connectivity index (χ1v) is 7.93. The minimum atomic E-state index is -4.08. The Morgan fingerprint density at radius 2 is 2.05 bits per heavy atom. The van der Waals surface area contributed by atoms with Gasteiger partial charge in [0.05, 0.1) is 7.11 Å². The van der Waals surface area contributed by atoms with Crippen LogP contribution in [0.4, 0.5) is 0 Å². The summed E-state index contributed by atoms with van der Waals surface area (Å²) in [5.74, 6) is -2.03.